The van der Waals surface area contributed by atoms with E-state index in [4.69, 9.17) is 11.6 Å². The number of carbonyl (C=O) groups is 2. The molecule has 0 saturated carbocycles. The molecular weight excluding hydrogens is 445 g/mol. The highest BCUT2D eigenvalue weighted by molar-refractivity contribution is 7.92. The number of carbonyl (C=O) groups excluding carboxylic acids is 2. The quantitative estimate of drug-likeness (QED) is 0.611. The van der Waals surface area contributed by atoms with E-state index in [2.05, 4.69) is 5.32 Å². The Balaban J connectivity index is 2.37. The van der Waals surface area contributed by atoms with Crippen molar-refractivity contribution in [2.45, 2.75) is 26.4 Å². The van der Waals surface area contributed by atoms with E-state index in [0.717, 1.165) is 10.6 Å². The summed E-state index contributed by atoms with van der Waals surface area (Å²) in [6.45, 7) is 3.16. The lowest BCUT2D eigenvalue weighted by molar-refractivity contribution is -0.139. The molecule has 2 rings (SSSR count). The van der Waals surface area contributed by atoms with Gasteiger partial charge in [0.15, 0.2) is 0 Å². The van der Waals surface area contributed by atoms with Crippen molar-refractivity contribution in [3.05, 3.63) is 64.9 Å². The first kappa shape index (κ1) is 24.6. The van der Waals surface area contributed by atoms with Gasteiger partial charge in [-0.05, 0) is 49.7 Å². The number of benzene rings is 2. The molecule has 1 N–H and O–H groups in total. The summed E-state index contributed by atoms with van der Waals surface area (Å²) in [6, 6.07) is 10.8. The molecule has 168 valence electrons. The zero-order valence-corrected chi connectivity index (χ0v) is 19.1. The number of sulfonamides is 1. The average molecular weight is 470 g/mol. The van der Waals surface area contributed by atoms with Crippen LogP contribution in [0.2, 0.25) is 5.02 Å². The third-order valence-corrected chi connectivity index (χ3v) is 5.94. The van der Waals surface area contributed by atoms with E-state index >= 15 is 0 Å². The van der Waals surface area contributed by atoms with Gasteiger partial charge in [-0.2, -0.15) is 0 Å². The number of nitrogens with one attached hydrogen (secondary N) is 1. The molecule has 0 bridgehead atoms. The fraction of sp³-hybridized carbons (Fsp3) is 0.333. The molecule has 0 aliphatic carbocycles. The molecular formula is C21H25ClFN3O4S. The van der Waals surface area contributed by atoms with Crippen molar-refractivity contribution in [1.29, 1.82) is 0 Å². The van der Waals surface area contributed by atoms with E-state index < -0.39 is 34.3 Å². The predicted molar refractivity (Wildman–Crippen MR) is 119 cm³/mol. The number of nitrogens with zero attached hydrogens (tertiary/aromatic N) is 2. The molecule has 0 aliphatic rings. The van der Waals surface area contributed by atoms with Crippen LogP contribution in [0.1, 0.15) is 19.4 Å². The summed E-state index contributed by atoms with van der Waals surface area (Å²) < 4.78 is 39.0. The lowest BCUT2D eigenvalue weighted by Crippen LogP contribution is -2.51. The van der Waals surface area contributed by atoms with Crippen LogP contribution in [0.25, 0.3) is 0 Å². The lowest BCUT2D eigenvalue weighted by Gasteiger charge is -2.31. The fourth-order valence-corrected chi connectivity index (χ4v) is 3.96. The maximum atomic E-state index is 13.3. The zero-order valence-electron chi connectivity index (χ0n) is 17.5. The second-order valence-corrected chi connectivity index (χ2v) is 9.31. The molecule has 0 spiro atoms. The second kappa shape index (κ2) is 10.6. The van der Waals surface area contributed by atoms with Crippen molar-refractivity contribution < 1.29 is 22.4 Å². The van der Waals surface area contributed by atoms with Crippen LogP contribution >= 0.6 is 11.6 Å². The van der Waals surface area contributed by atoms with E-state index in [1.165, 1.54) is 41.3 Å². The van der Waals surface area contributed by atoms with Crippen LogP contribution in [0, 0.1) is 5.82 Å². The molecule has 1 atom stereocenters. The number of hydrogen-bond donors (Lipinski definition) is 1. The maximum absolute atomic E-state index is 13.3. The van der Waals surface area contributed by atoms with Gasteiger partial charge in [-0.15, -0.1) is 0 Å². The third-order valence-electron chi connectivity index (χ3n) is 4.56. The van der Waals surface area contributed by atoms with Gasteiger partial charge in [0.05, 0.1) is 11.9 Å². The van der Waals surface area contributed by atoms with Gasteiger partial charge in [0, 0.05) is 18.1 Å². The summed E-state index contributed by atoms with van der Waals surface area (Å²) in [7, 11) is -3.82. The molecule has 7 nitrogen and oxygen atoms in total. The second-order valence-electron chi connectivity index (χ2n) is 6.97. The summed E-state index contributed by atoms with van der Waals surface area (Å²) in [5.41, 5.74) is 0.829. The molecule has 2 amide bonds. The van der Waals surface area contributed by atoms with Gasteiger partial charge in [-0.3, -0.25) is 13.9 Å². The van der Waals surface area contributed by atoms with E-state index in [1.807, 2.05) is 0 Å². The van der Waals surface area contributed by atoms with Crippen molar-refractivity contribution in [3.8, 4) is 0 Å². The Hall–Kier alpha value is -2.65. The SMILES string of the molecule is CCNC(=O)[C@@H](C)N(Cc1ccc(F)cc1)C(=O)CN(c1cccc(Cl)c1)S(C)(=O)=O. The maximum Gasteiger partial charge on any atom is 0.244 e. The monoisotopic (exact) mass is 469 g/mol. The average Bonchev–Trinajstić information content (AvgIpc) is 2.70. The van der Waals surface area contributed by atoms with Crippen molar-refractivity contribution in [2.75, 3.05) is 23.7 Å². The summed E-state index contributed by atoms with van der Waals surface area (Å²) in [4.78, 5) is 26.9. The van der Waals surface area contributed by atoms with Gasteiger partial charge in [0.2, 0.25) is 21.8 Å². The molecule has 0 fully saturated rings. The first-order chi connectivity index (χ1) is 14.5. The Morgan fingerprint density at radius 1 is 1.16 bits per heavy atom. The predicted octanol–water partition coefficient (Wildman–Crippen LogP) is 2.80. The fourth-order valence-electron chi connectivity index (χ4n) is 2.94. The van der Waals surface area contributed by atoms with Gasteiger partial charge in [-0.1, -0.05) is 29.8 Å². The standard InChI is InChI=1S/C21H25ClFN3O4S/c1-4-24-21(28)15(2)25(13-16-8-10-18(23)11-9-16)20(27)14-26(31(3,29)30)19-7-5-6-17(22)12-19/h5-12,15H,4,13-14H2,1-3H3,(H,24,28)/t15-/m1/s1. The van der Waals surface area contributed by atoms with Gasteiger partial charge < -0.3 is 10.2 Å². The Labute approximate surface area is 186 Å². The van der Waals surface area contributed by atoms with Crippen molar-refractivity contribution in [1.82, 2.24) is 10.2 Å². The Morgan fingerprint density at radius 2 is 1.81 bits per heavy atom. The molecule has 31 heavy (non-hydrogen) atoms. The van der Waals surface area contributed by atoms with E-state index in [1.54, 1.807) is 26.0 Å². The van der Waals surface area contributed by atoms with Crippen molar-refractivity contribution in [3.63, 3.8) is 0 Å². The van der Waals surface area contributed by atoms with Crippen LogP contribution in [0.15, 0.2) is 48.5 Å². The Morgan fingerprint density at radius 3 is 2.35 bits per heavy atom. The summed E-state index contributed by atoms with van der Waals surface area (Å²) >= 11 is 5.98. The minimum atomic E-state index is -3.82. The van der Waals surface area contributed by atoms with Gasteiger partial charge >= 0.3 is 0 Å². The summed E-state index contributed by atoms with van der Waals surface area (Å²) in [6.07, 6.45) is 0.985. The molecule has 0 unspecified atom stereocenters. The highest BCUT2D eigenvalue weighted by Crippen LogP contribution is 2.22. The molecule has 0 radical (unpaired) electrons. The highest BCUT2D eigenvalue weighted by atomic mass is 35.5. The number of amides is 2. The normalized spacial score (nSPS) is 12.2. The van der Waals surface area contributed by atoms with Crippen LogP contribution in [0.4, 0.5) is 10.1 Å². The van der Waals surface area contributed by atoms with E-state index in [-0.39, 0.29) is 18.1 Å². The number of halogens is 2. The lowest BCUT2D eigenvalue weighted by atomic mass is 10.1. The first-order valence-electron chi connectivity index (χ1n) is 9.57. The largest absolute Gasteiger partial charge is 0.355 e. The molecule has 2 aromatic carbocycles. The third kappa shape index (κ3) is 6.93. The van der Waals surface area contributed by atoms with Crippen LogP contribution in [0.3, 0.4) is 0 Å². The molecule has 0 aromatic heterocycles. The van der Waals surface area contributed by atoms with Crippen LogP contribution in [-0.4, -0.2) is 50.5 Å². The number of rotatable bonds is 9. The van der Waals surface area contributed by atoms with E-state index in [9.17, 15) is 22.4 Å². The van der Waals surface area contributed by atoms with Crippen LogP contribution in [0.5, 0.6) is 0 Å². The van der Waals surface area contributed by atoms with E-state index in [0.29, 0.717) is 17.1 Å². The number of hydrogen-bond acceptors (Lipinski definition) is 4. The Kier molecular flexibility index (Phi) is 8.41. The topological polar surface area (TPSA) is 86.8 Å². The first-order valence-corrected chi connectivity index (χ1v) is 11.8. The zero-order chi connectivity index (χ0) is 23.2. The smallest absolute Gasteiger partial charge is 0.244 e. The molecule has 0 saturated heterocycles. The summed E-state index contributed by atoms with van der Waals surface area (Å²) in [5.74, 6) is -1.40. The number of anilines is 1. The van der Waals surface area contributed by atoms with Gasteiger partial charge in [-0.25, -0.2) is 12.8 Å². The molecule has 10 heteroatoms. The van der Waals surface area contributed by atoms with Crippen LogP contribution in [-0.2, 0) is 26.2 Å². The van der Waals surface area contributed by atoms with Crippen molar-refractivity contribution >= 4 is 39.1 Å². The minimum Gasteiger partial charge on any atom is -0.355 e. The van der Waals surface area contributed by atoms with Crippen LogP contribution < -0.4 is 9.62 Å². The Bertz CT molecular complexity index is 1030. The van der Waals surface area contributed by atoms with Gasteiger partial charge in [0.25, 0.3) is 0 Å². The van der Waals surface area contributed by atoms with Gasteiger partial charge in [0.1, 0.15) is 18.4 Å². The summed E-state index contributed by atoms with van der Waals surface area (Å²) in [5, 5.41) is 2.97. The number of likely N-dealkylation sites (N-methyl/N-ethyl adjacent to an activating group) is 1. The molecule has 0 aliphatic heterocycles. The highest BCUT2D eigenvalue weighted by Gasteiger charge is 2.29. The minimum absolute atomic E-state index is 0.00453. The van der Waals surface area contributed by atoms with Crippen molar-refractivity contribution in [2.24, 2.45) is 0 Å². The molecule has 0 heterocycles. The molecule has 2 aromatic rings.